The average molecular weight is 479 g/mol. The number of benzene rings is 1. The molecule has 0 saturated heterocycles. The van der Waals surface area contributed by atoms with Gasteiger partial charge in [-0.2, -0.15) is 13.2 Å². The molecule has 2 heterocycles. The molecular formula is C24H25F3N2O3S. The lowest BCUT2D eigenvalue weighted by Gasteiger charge is -2.12. The van der Waals surface area contributed by atoms with Gasteiger partial charge in [0.15, 0.2) is 0 Å². The molecule has 9 heteroatoms. The smallest absolute Gasteiger partial charge is 0.378 e. The number of nitrogens with zero attached hydrogens (tertiary/aromatic N) is 2. The van der Waals surface area contributed by atoms with E-state index in [0.29, 0.717) is 16.3 Å². The van der Waals surface area contributed by atoms with Crippen molar-refractivity contribution in [2.24, 2.45) is 13.0 Å². The molecule has 0 radical (unpaired) electrons. The molecular weight excluding hydrogens is 453 g/mol. The van der Waals surface area contributed by atoms with Gasteiger partial charge in [0.05, 0.1) is 16.5 Å². The Kier molecular flexibility index (Phi) is 6.65. The van der Waals surface area contributed by atoms with Crippen molar-refractivity contribution in [1.29, 1.82) is 0 Å². The van der Waals surface area contributed by atoms with Crippen LogP contribution in [0.2, 0.25) is 0 Å². The van der Waals surface area contributed by atoms with Crippen molar-refractivity contribution >= 4 is 21.6 Å². The molecule has 1 N–H and O–H groups in total. The summed E-state index contributed by atoms with van der Waals surface area (Å²) in [7, 11) is 1.37. The quantitative estimate of drug-likeness (QED) is 0.573. The van der Waals surface area contributed by atoms with E-state index in [1.165, 1.54) is 43.7 Å². The van der Waals surface area contributed by atoms with Crippen LogP contribution in [-0.2, 0) is 26.2 Å². The highest BCUT2D eigenvalue weighted by Crippen LogP contribution is 2.36. The molecule has 176 valence electrons. The molecule has 0 amide bonds. The van der Waals surface area contributed by atoms with Crippen LogP contribution in [0.3, 0.4) is 0 Å². The first-order valence-electron chi connectivity index (χ1n) is 10.4. The van der Waals surface area contributed by atoms with E-state index in [1.54, 1.807) is 0 Å². The molecule has 0 aliphatic carbocycles. The largest absolute Gasteiger partial charge is 0.416 e. The van der Waals surface area contributed by atoms with E-state index in [9.17, 15) is 27.9 Å². The predicted molar refractivity (Wildman–Crippen MR) is 124 cm³/mol. The number of alkyl halides is 3. The van der Waals surface area contributed by atoms with Crippen molar-refractivity contribution in [3.8, 4) is 11.8 Å². The van der Waals surface area contributed by atoms with Crippen LogP contribution in [0.1, 0.15) is 49.3 Å². The summed E-state index contributed by atoms with van der Waals surface area (Å²) >= 11 is 1.09. The molecule has 0 fully saturated rings. The van der Waals surface area contributed by atoms with Crippen LogP contribution in [0.4, 0.5) is 13.2 Å². The summed E-state index contributed by atoms with van der Waals surface area (Å²) in [5.74, 6) is 5.58. The van der Waals surface area contributed by atoms with Crippen molar-refractivity contribution in [3.05, 3.63) is 66.7 Å². The Morgan fingerprint density at radius 1 is 1.15 bits per heavy atom. The zero-order chi connectivity index (χ0) is 24.7. The maximum Gasteiger partial charge on any atom is 0.416 e. The summed E-state index contributed by atoms with van der Waals surface area (Å²) in [4.78, 5) is 26.7. The zero-order valence-electron chi connectivity index (χ0n) is 19.0. The first-order chi connectivity index (χ1) is 15.2. The van der Waals surface area contributed by atoms with Crippen LogP contribution in [0.25, 0.3) is 10.2 Å². The summed E-state index contributed by atoms with van der Waals surface area (Å²) in [5.41, 5.74) is -2.93. The minimum absolute atomic E-state index is 0.0393. The molecule has 3 aromatic rings. The van der Waals surface area contributed by atoms with Crippen LogP contribution in [-0.4, -0.2) is 19.8 Å². The monoisotopic (exact) mass is 478 g/mol. The molecule has 0 aliphatic heterocycles. The van der Waals surface area contributed by atoms with Crippen molar-refractivity contribution < 1.29 is 18.3 Å². The van der Waals surface area contributed by atoms with Crippen molar-refractivity contribution in [2.45, 2.75) is 52.4 Å². The van der Waals surface area contributed by atoms with E-state index in [0.717, 1.165) is 22.0 Å². The van der Waals surface area contributed by atoms with Gasteiger partial charge in [-0.15, -0.1) is 11.3 Å². The van der Waals surface area contributed by atoms with E-state index in [1.807, 2.05) is 13.8 Å². The van der Waals surface area contributed by atoms with Gasteiger partial charge in [-0.3, -0.25) is 13.9 Å². The molecule has 33 heavy (non-hydrogen) atoms. The number of hydrogen-bond acceptors (Lipinski definition) is 4. The van der Waals surface area contributed by atoms with Crippen LogP contribution in [0.15, 0.2) is 33.9 Å². The van der Waals surface area contributed by atoms with Crippen LogP contribution < -0.4 is 11.2 Å². The average Bonchev–Trinajstić information content (AvgIpc) is 3.05. The highest BCUT2D eigenvalue weighted by atomic mass is 32.1. The van der Waals surface area contributed by atoms with Crippen LogP contribution in [0, 0.1) is 17.8 Å². The Hall–Kier alpha value is -2.83. The fourth-order valence-electron chi connectivity index (χ4n) is 3.50. The predicted octanol–water partition coefficient (Wildman–Crippen LogP) is 4.15. The number of aromatic nitrogens is 2. The summed E-state index contributed by atoms with van der Waals surface area (Å²) in [5, 5.41) is 10.3. The van der Waals surface area contributed by atoms with Gasteiger partial charge in [0.2, 0.25) is 0 Å². The van der Waals surface area contributed by atoms with E-state index >= 15 is 0 Å². The normalized spacial score (nSPS) is 12.3. The van der Waals surface area contributed by atoms with E-state index in [2.05, 4.69) is 11.8 Å². The third kappa shape index (κ3) is 5.23. The Labute approximate surface area is 193 Å². The molecule has 3 rings (SSSR count). The SMILES string of the molecule is CC(C)Cn1c(=O)n(C)c(=O)c2c(C#CC(C)(C)O)c(Cc3ccccc3C(F)(F)F)sc21. The summed E-state index contributed by atoms with van der Waals surface area (Å²) in [6.45, 7) is 7.12. The van der Waals surface area contributed by atoms with Gasteiger partial charge in [-0.1, -0.05) is 43.9 Å². The minimum Gasteiger partial charge on any atom is -0.378 e. The summed E-state index contributed by atoms with van der Waals surface area (Å²) in [6.07, 6.45) is -4.66. The lowest BCUT2D eigenvalue weighted by atomic mass is 10.0. The third-order valence-corrected chi connectivity index (χ3v) is 6.17. The van der Waals surface area contributed by atoms with Gasteiger partial charge in [-0.25, -0.2) is 4.79 Å². The number of aliphatic hydroxyl groups is 1. The number of rotatable bonds is 4. The Morgan fingerprint density at radius 2 is 1.79 bits per heavy atom. The number of fused-ring (bicyclic) bond motifs is 1. The second-order valence-electron chi connectivity index (χ2n) is 8.87. The standard InChI is InChI=1S/C24H25F3N2O3S/c1-14(2)13-29-21-19(20(30)28(5)22(29)31)16(10-11-23(3,4)32)18(33-21)12-15-8-6-7-9-17(15)24(25,26)27/h6-9,14,32H,12-13H2,1-5H3. The topological polar surface area (TPSA) is 64.2 Å². The molecule has 1 aromatic carbocycles. The van der Waals surface area contributed by atoms with Gasteiger partial charge >= 0.3 is 11.9 Å². The van der Waals surface area contributed by atoms with Gasteiger partial charge in [0.1, 0.15) is 10.4 Å². The Morgan fingerprint density at radius 3 is 2.36 bits per heavy atom. The van der Waals surface area contributed by atoms with Crippen LogP contribution >= 0.6 is 11.3 Å². The minimum atomic E-state index is -4.54. The highest BCUT2D eigenvalue weighted by molar-refractivity contribution is 7.19. The maximum atomic E-state index is 13.6. The molecule has 0 unspecified atom stereocenters. The fraction of sp³-hybridized carbons (Fsp3) is 0.417. The molecule has 2 aromatic heterocycles. The lowest BCUT2D eigenvalue weighted by molar-refractivity contribution is -0.138. The third-order valence-electron chi connectivity index (χ3n) is 4.96. The molecule has 0 aliphatic rings. The van der Waals surface area contributed by atoms with E-state index in [4.69, 9.17) is 0 Å². The van der Waals surface area contributed by atoms with Gasteiger partial charge in [0.25, 0.3) is 5.56 Å². The highest BCUT2D eigenvalue weighted by Gasteiger charge is 2.33. The Bertz CT molecular complexity index is 1380. The van der Waals surface area contributed by atoms with Crippen molar-refractivity contribution in [3.63, 3.8) is 0 Å². The Balaban J connectivity index is 2.38. The maximum absolute atomic E-state index is 13.6. The van der Waals surface area contributed by atoms with Crippen molar-refractivity contribution in [2.75, 3.05) is 0 Å². The number of hydrogen-bond donors (Lipinski definition) is 1. The molecule has 0 spiro atoms. The van der Waals surface area contributed by atoms with E-state index in [-0.39, 0.29) is 28.9 Å². The zero-order valence-corrected chi connectivity index (χ0v) is 19.8. The molecule has 0 saturated carbocycles. The molecule has 5 nitrogen and oxygen atoms in total. The molecule has 0 bridgehead atoms. The first kappa shape index (κ1) is 24.8. The van der Waals surface area contributed by atoms with Gasteiger partial charge in [-0.05, 0) is 31.4 Å². The fourth-order valence-corrected chi connectivity index (χ4v) is 4.77. The summed E-state index contributed by atoms with van der Waals surface area (Å²) in [6, 6.07) is 5.24. The lowest BCUT2D eigenvalue weighted by Crippen LogP contribution is -2.38. The van der Waals surface area contributed by atoms with Crippen molar-refractivity contribution in [1.82, 2.24) is 9.13 Å². The second-order valence-corrected chi connectivity index (χ2v) is 9.96. The summed E-state index contributed by atoms with van der Waals surface area (Å²) < 4.78 is 43.2. The molecule has 0 atom stereocenters. The van der Waals surface area contributed by atoms with Crippen LogP contribution in [0.5, 0.6) is 0 Å². The number of halogens is 3. The van der Waals surface area contributed by atoms with Gasteiger partial charge in [0, 0.05) is 24.9 Å². The first-order valence-corrected chi connectivity index (χ1v) is 11.2. The van der Waals surface area contributed by atoms with E-state index < -0.39 is 28.6 Å². The second kappa shape index (κ2) is 8.84. The van der Waals surface area contributed by atoms with Gasteiger partial charge < -0.3 is 5.11 Å². The number of thiophene rings is 1.